The van der Waals surface area contributed by atoms with Crippen molar-refractivity contribution in [3.05, 3.63) is 89.5 Å². The molecule has 0 aliphatic heterocycles. The zero-order chi connectivity index (χ0) is 18.8. The van der Waals surface area contributed by atoms with Crippen LogP contribution in [0.25, 0.3) is 11.0 Å². The number of aromatic nitrogens is 4. The van der Waals surface area contributed by atoms with Crippen LogP contribution in [0.1, 0.15) is 33.2 Å². The van der Waals surface area contributed by atoms with Crippen LogP contribution >= 0.6 is 0 Å². The topological polar surface area (TPSA) is 72.7 Å². The van der Waals surface area contributed by atoms with Gasteiger partial charge >= 0.3 is 0 Å². The van der Waals surface area contributed by atoms with Gasteiger partial charge in [-0.2, -0.15) is 5.10 Å². The molecule has 0 aliphatic carbocycles. The van der Waals surface area contributed by atoms with Gasteiger partial charge in [-0.3, -0.25) is 14.5 Å². The zero-order valence-electron chi connectivity index (χ0n) is 15.1. The Labute approximate surface area is 156 Å². The zero-order valence-corrected chi connectivity index (χ0v) is 15.1. The van der Waals surface area contributed by atoms with Crippen LogP contribution in [0.15, 0.2) is 67.1 Å². The van der Waals surface area contributed by atoms with Crippen molar-refractivity contribution in [1.29, 1.82) is 0 Å². The van der Waals surface area contributed by atoms with Gasteiger partial charge in [-0.25, -0.2) is 4.98 Å². The summed E-state index contributed by atoms with van der Waals surface area (Å²) in [5, 5.41) is 8.37. The van der Waals surface area contributed by atoms with Gasteiger partial charge in [0.25, 0.3) is 5.91 Å². The van der Waals surface area contributed by atoms with Crippen molar-refractivity contribution in [3.63, 3.8) is 0 Å². The highest BCUT2D eigenvalue weighted by Crippen LogP contribution is 2.23. The van der Waals surface area contributed by atoms with Crippen molar-refractivity contribution in [1.82, 2.24) is 25.1 Å². The quantitative estimate of drug-likeness (QED) is 0.609. The highest BCUT2D eigenvalue weighted by Gasteiger charge is 2.19. The van der Waals surface area contributed by atoms with E-state index in [0.717, 1.165) is 27.9 Å². The van der Waals surface area contributed by atoms with Crippen molar-refractivity contribution in [2.75, 3.05) is 0 Å². The van der Waals surface area contributed by atoms with Gasteiger partial charge in [-0.1, -0.05) is 30.3 Å². The smallest absolute Gasteiger partial charge is 0.253 e. The van der Waals surface area contributed by atoms with E-state index >= 15 is 0 Å². The first-order valence-corrected chi connectivity index (χ1v) is 8.68. The van der Waals surface area contributed by atoms with E-state index in [-0.39, 0.29) is 11.9 Å². The summed E-state index contributed by atoms with van der Waals surface area (Å²) in [5.74, 6) is -0.182. The molecule has 1 unspecified atom stereocenters. The molecule has 0 fully saturated rings. The predicted molar refractivity (Wildman–Crippen MR) is 103 cm³/mol. The van der Waals surface area contributed by atoms with E-state index in [1.54, 1.807) is 23.3 Å². The lowest BCUT2D eigenvalue weighted by atomic mass is 9.99. The maximum Gasteiger partial charge on any atom is 0.253 e. The van der Waals surface area contributed by atoms with Crippen LogP contribution in [0, 0.1) is 6.92 Å². The second-order valence-electron chi connectivity index (χ2n) is 6.40. The number of nitrogens with one attached hydrogen (secondary N) is 1. The van der Waals surface area contributed by atoms with Crippen molar-refractivity contribution < 1.29 is 4.79 Å². The van der Waals surface area contributed by atoms with E-state index in [2.05, 4.69) is 20.4 Å². The van der Waals surface area contributed by atoms with Crippen LogP contribution in [-0.4, -0.2) is 25.7 Å². The molecule has 0 saturated carbocycles. The molecule has 134 valence electrons. The summed E-state index contributed by atoms with van der Waals surface area (Å²) < 4.78 is 1.72. The molecule has 0 radical (unpaired) electrons. The highest BCUT2D eigenvalue weighted by atomic mass is 16.1. The Kier molecular flexibility index (Phi) is 4.38. The van der Waals surface area contributed by atoms with E-state index in [1.807, 2.05) is 62.5 Å². The fourth-order valence-corrected chi connectivity index (χ4v) is 3.21. The van der Waals surface area contributed by atoms with Gasteiger partial charge in [-0.05, 0) is 36.2 Å². The predicted octanol–water partition coefficient (Wildman–Crippen LogP) is 3.19. The summed E-state index contributed by atoms with van der Waals surface area (Å²) in [4.78, 5) is 21.4. The SMILES string of the molecule is Cc1nn(C)c2ncc(C(=O)NC(c3ccccc3)c3ccncc3)cc12. The average molecular weight is 357 g/mol. The number of benzene rings is 1. The maximum absolute atomic E-state index is 13.0. The van der Waals surface area contributed by atoms with E-state index in [0.29, 0.717) is 5.56 Å². The van der Waals surface area contributed by atoms with E-state index < -0.39 is 0 Å². The lowest BCUT2D eigenvalue weighted by Gasteiger charge is -2.19. The molecular weight excluding hydrogens is 338 g/mol. The molecule has 4 rings (SSSR count). The first-order chi connectivity index (χ1) is 13.1. The molecule has 0 spiro atoms. The number of carbonyl (C=O) groups excluding carboxylic acids is 1. The fraction of sp³-hybridized carbons (Fsp3) is 0.143. The van der Waals surface area contributed by atoms with Gasteiger partial charge in [0.1, 0.15) is 0 Å². The number of fused-ring (bicyclic) bond motifs is 1. The fourth-order valence-electron chi connectivity index (χ4n) is 3.21. The molecule has 1 N–H and O–H groups in total. The van der Waals surface area contributed by atoms with Crippen LogP contribution in [0.4, 0.5) is 0 Å². The molecule has 6 heteroatoms. The van der Waals surface area contributed by atoms with Gasteiger partial charge in [0.05, 0.1) is 17.3 Å². The second-order valence-corrected chi connectivity index (χ2v) is 6.40. The molecule has 0 saturated heterocycles. The number of rotatable bonds is 4. The lowest BCUT2D eigenvalue weighted by molar-refractivity contribution is 0.0942. The first kappa shape index (κ1) is 16.9. The molecule has 0 aliphatic rings. The number of nitrogens with zero attached hydrogens (tertiary/aromatic N) is 4. The van der Waals surface area contributed by atoms with Gasteiger partial charge in [0.2, 0.25) is 0 Å². The number of amides is 1. The van der Waals surface area contributed by atoms with Gasteiger partial charge in [0.15, 0.2) is 5.65 Å². The lowest BCUT2D eigenvalue weighted by Crippen LogP contribution is -2.29. The minimum absolute atomic E-state index is 0.182. The van der Waals surface area contributed by atoms with Crippen LogP contribution in [0.3, 0.4) is 0 Å². The number of aryl methyl sites for hydroxylation is 2. The third-order valence-corrected chi connectivity index (χ3v) is 4.57. The summed E-state index contributed by atoms with van der Waals surface area (Å²) in [6, 6.07) is 15.3. The second kappa shape index (κ2) is 6.99. The molecule has 4 aromatic rings. The number of hydrogen-bond donors (Lipinski definition) is 1. The third kappa shape index (κ3) is 3.29. The summed E-state index contributed by atoms with van der Waals surface area (Å²) in [6.45, 7) is 1.91. The van der Waals surface area contributed by atoms with Gasteiger partial charge in [-0.15, -0.1) is 0 Å². The Balaban J connectivity index is 1.69. The van der Waals surface area contributed by atoms with Crippen molar-refractivity contribution >= 4 is 16.9 Å². The van der Waals surface area contributed by atoms with E-state index in [9.17, 15) is 4.79 Å². The Morgan fingerprint density at radius 2 is 1.78 bits per heavy atom. The van der Waals surface area contributed by atoms with E-state index in [4.69, 9.17) is 0 Å². The van der Waals surface area contributed by atoms with Crippen LogP contribution < -0.4 is 5.32 Å². The molecule has 1 aromatic carbocycles. The molecular formula is C21H19N5O. The standard InChI is InChI=1S/C21H19N5O/c1-14-18-12-17(13-23-20(18)26(2)25-14)21(27)24-19(15-6-4-3-5-7-15)16-8-10-22-11-9-16/h3-13,19H,1-2H3,(H,24,27). The Morgan fingerprint density at radius 3 is 2.52 bits per heavy atom. The normalized spacial score (nSPS) is 12.1. The van der Waals surface area contributed by atoms with Crippen LogP contribution in [0.2, 0.25) is 0 Å². The number of hydrogen-bond acceptors (Lipinski definition) is 4. The molecule has 1 atom stereocenters. The highest BCUT2D eigenvalue weighted by molar-refractivity contribution is 5.97. The van der Waals surface area contributed by atoms with Crippen LogP contribution in [-0.2, 0) is 7.05 Å². The molecule has 3 heterocycles. The summed E-state index contributed by atoms with van der Waals surface area (Å²) in [5.41, 5.74) is 4.09. The summed E-state index contributed by atoms with van der Waals surface area (Å²) in [6.07, 6.45) is 5.04. The molecule has 0 bridgehead atoms. The van der Waals surface area contributed by atoms with Gasteiger partial charge in [0, 0.05) is 31.0 Å². The third-order valence-electron chi connectivity index (χ3n) is 4.57. The van der Waals surface area contributed by atoms with E-state index in [1.165, 1.54) is 0 Å². The summed E-state index contributed by atoms with van der Waals surface area (Å²) >= 11 is 0. The molecule has 1 amide bonds. The first-order valence-electron chi connectivity index (χ1n) is 8.68. The molecule has 6 nitrogen and oxygen atoms in total. The Morgan fingerprint density at radius 1 is 1.07 bits per heavy atom. The minimum atomic E-state index is -0.271. The monoisotopic (exact) mass is 357 g/mol. The largest absolute Gasteiger partial charge is 0.341 e. The molecule has 27 heavy (non-hydrogen) atoms. The minimum Gasteiger partial charge on any atom is -0.341 e. The number of carbonyl (C=O) groups is 1. The average Bonchev–Trinajstić information content (AvgIpc) is 3.00. The number of pyridine rings is 2. The molecule has 3 aromatic heterocycles. The van der Waals surface area contributed by atoms with Crippen molar-refractivity contribution in [2.24, 2.45) is 7.05 Å². The van der Waals surface area contributed by atoms with Crippen molar-refractivity contribution in [2.45, 2.75) is 13.0 Å². The maximum atomic E-state index is 13.0. The van der Waals surface area contributed by atoms with Gasteiger partial charge < -0.3 is 5.32 Å². The Bertz CT molecular complexity index is 1050. The van der Waals surface area contributed by atoms with Crippen LogP contribution in [0.5, 0.6) is 0 Å². The Hall–Kier alpha value is -3.54. The van der Waals surface area contributed by atoms with Crippen molar-refractivity contribution in [3.8, 4) is 0 Å². The summed E-state index contributed by atoms with van der Waals surface area (Å²) in [7, 11) is 1.84.